The third-order valence-electron chi connectivity index (χ3n) is 5.65. The van der Waals surface area contributed by atoms with Crippen LogP contribution in [0.3, 0.4) is 0 Å². The van der Waals surface area contributed by atoms with E-state index in [1.807, 2.05) is 0 Å². The number of nitrogens with zero attached hydrogens (tertiary/aromatic N) is 4. The molecule has 3 heterocycles. The largest absolute Gasteiger partial charge is 0.470 e. The molecule has 1 saturated heterocycles. The van der Waals surface area contributed by atoms with Crippen molar-refractivity contribution in [3.63, 3.8) is 0 Å². The van der Waals surface area contributed by atoms with Gasteiger partial charge in [-0.25, -0.2) is 9.07 Å². The molecular weight excluding hydrogens is 391 g/mol. The topological polar surface area (TPSA) is 97.6 Å². The van der Waals surface area contributed by atoms with Crippen molar-refractivity contribution in [3.05, 3.63) is 63.7 Å². The second-order valence-electron chi connectivity index (χ2n) is 7.59. The molecule has 30 heavy (non-hydrogen) atoms. The van der Waals surface area contributed by atoms with Crippen LogP contribution in [0, 0.1) is 5.82 Å². The summed E-state index contributed by atoms with van der Waals surface area (Å²) in [4.78, 5) is 27.5. The van der Waals surface area contributed by atoms with E-state index in [0.29, 0.717) is 23.4 Å². The van der Waals surface area contributed by atoms with Crippen LogP contribution in [0.2, 0.25) is 0 Å². The van der Waals surface area contributed by atoms with E-state index >= 15 is 0 Å². The summed E-state index contributed by atoms with van der Waals surface area (Å²) in [7, 11) is 0. The molecule has 0 spiro atoms. The predicted molar refractivity (Wildman–Crippen MR) is 105 cm³/mol. The van der Waals surface area contributed by atoms with Crippen molar-refractivity contribution < 1.29 is 19.0 Å². The van der Waals surface area contributed by atoms with Crippen molar-refractivity contribution in [2.24, 2.45) is 0 Å². The summed E-state index contributed by atoms with van der Waals surface area (Å²) >= 11 is 0. The van der Waals surface area contributed by atoms with Crippen LogP contribution in [0.4, 0.5) is 4.39 Å². The van der Waals surface area contributed by atoms with E-state index in [2.05, 4.69) is 10.3 Å². The van der Waals surface area contributed by atoms with Crippen LogP contribution in [-0.4, -0.2) is 50.3 Å². The lowest BCUT2D eigenvalue weighted by Crippen LogP contribution is -2.43. The summed E-state index contributed by atoms with van der Waals surface area (Å²) in [5.41, 5.74) is 0.823. The lowest BCUT2D eigenvalue weighted by Gasteiger charge is -2.31. The molecule has 0 radical (unpaired) electrons. The van der Waals surface area contributed by atoms with E-state index in [9.17, 15) is 19.1 Å². The zero-order valence-corrected chi connectivity index (χ0v) is 16.0. The number of rotatable bonds is 4. The average Bonchev–Trinajstić information content (AvgIpc) is 3.21. The standard InChI is InChI=1S/C21H19FN4O4/c22-13-4-1-3-12(7-13)8-14(11-27)26-21(29)15-10-18-16(9-17(15)23-24-26)20(28)25-6-2-5-19(25)30-18/h1,3-4,7,9-10,14,19,27H,2,5-6,8,11H2/t14-,19-/m0/s1. The number of aliphatic hydroxyl groups excluding tert-OH is 1. The molecule has 3 aromatic rings. The van der Waals surface area contributed by atoms with E-state index in [1.165, 1.54) is 24.3 Å². The normalized spacial score (nSPS) is 18.8. The number of hydrogen-bond donors (Lipinski definition) is 1. The van der Waals surface area contributed by atoms with Gasteiger partial charge in [-0.15, -0.1) is 5.10 Å². The van der Waals surface area contributed by atoms with Crippen LogP contribution < -0.4 is 10.3 Å². The Kier molecular flexibility index (Phi) is 4.47. The summed E-state index contributed by atoms with van der Waals surface area (Å²) in [6.07, 6.45) is 1.53. The van der Waals surface area contributed by atoms with Gasteiger partial charge in [0.05, 0.1) is 23.6 Å². The summed E-state index contributed by atoms with van der Waals surface area (Å²) < 4.78 is 20.5. The van der Waals surface area contributed by atoms with Crippen molar-refractivity contribution in [3.8, 4) is 5.75 Å². The van der Waals surface area contributed by atoms with Gasteiger partial charge in [0.15, 0.2) is 6.23 Å². The Balaban J connectivity index is 1.55. The maximum Gasteiger partial charge on any atom is 0.278 e. The minimum Gasteiger partial charge on any atom is -0.470 e. The lowest BCUT2D eigenvalue weighted by molar-refractivity contribution is 0.0295. The van der Waals surface area contributed by atoms with Gasteiger partial charge < -0.3 is 14.7 Å². The van der Waals surface area contributed by atoms with Crippen molar-refractivity contribution in [2.75, 3.05) is 13.2 Å². The molecule has 0 saturated carbocycles. The Morgan fingerprint density at radius 2 is 2.13 bits per heavy atom. The Hall–Kier alpha value is -3.33. The number of halogens is 1. The number of carbonyl (C=O) groups is 1. The molecule has 0 bridgehead atoms. The fourth-order valence-corrected chi connectivity index (χ4v) is 4.14. The summed E-state index contributed by atoms with van der Waals surface area (Å²) in [6.45, 7) is 0.278. The molecule has 5 rings (SSSR count). The first kappa shape index (κ1) is 18.7. The number of fused-ring (bicyclic) bond motifs is 3. The second-order valence-corrected chi connectivity index (χ2v) is 7.59. The lowest BCUT2D eigenvalue weighted by atomic mass is 10.1. The molecule has 0 aliphatic carbocycles. The molecule has 1 aromatic heterocycles. The van der Waals surface area contributed by atoms with Gasteiger partial charge in [-0.2, -0.15) is 0 Å². The van der Waals surface area contributed by atoms with Gasteiger partial charge in [0.25, 0.3) is 11.5 Å². The van der Waals surface area contributed by atoms with Crippen molar-refractivity contribution in [2.45, 2.75) is 31.5 Å². The molecule has 1 N–H and O–H groups in total. The van der Waals surface area contributed by atoms with E-state index in [0.717, 1.165) is 17.5 Å². The number of hydrogen-bond acceptors (Lipinski definition) is 6. The van der Waals surface area contributed by atoms with Crippen LogP contribution in [0.5, 0.6) is 5.75 Å². The van der Waals surface area contributed by atoms with E-state index in [-0.39, 0.29) is 36.1 Å². The fourth-order valence-electron chi connectivity index (χ4n) is 4.14. The highest BCUT2D eigenvalue weighted by Gasteiger charge is 2.37. The molecule has 0 unspecified atom stereocenters. The molecule has 2 atom stereocenters. The highest BCUT2D eigenvalue weighted by atomic mass is 19.1. The molecule has 1 amide bonds. The maximum atomic E-state index is 13.5. The monoisotopic (exact) mass is 410 g/mol. The van der Waals surface area contributed by atoms with Gasteiger partial charge in [-0.1, -0.05) is 17.3 Å². The first-order chi connectivity index (χ1) is 14.5. The van der Waals surface area contributed by atoms with Gasteiger partial charge in [-0.05, 0) is 42.7 Å². The van der Waals surface area contributed by atoms with Crippen LogP contribution in [0.1, 0.15) is 34.8 Å². The van der Waals surface area contributed by atoms with E-state index in [4.69, 9.17) is 4.74 Å². The summed E-state index contributed by atoms with van der Waals surface area (Å²) in [5, 5.41) is 18.2. The number of benzene rings is 2. The second kappa shape index (κ2) is 7.17. The highest BCUT2D eigenvalue weighted by Crippen LogP contribution is 2.34. The summed E-state index contributed by atoms with van der Waals surface area (Å²) in [6, 6.07) is 8.32. The number of aliphatic hydroxyl groups is 1. The third-order valence-corrected chi connectivity index (χ3v) is 5.65. The Bertz CT molecular complexity index is 1210. The first-order valence-corrected chi connectivity index (χ1v) is 9.81. The molecule has 8 nitrogen and oxygen atoms in total. The van der Waals surface area contributed by atoms with Gasteiger partial charge in [0.2, 0.25) is 0 Å². The van der Waals surface area contributed by atoms with Gasteiger partial charge in [-0.3, -0.25) is 9.59 Å². The SMILES string of the molecule is O=C1c2cc3nnn([C@H](CO)Cc4cccc(F)c4)c(=O)c3cc2O[C@H]2CCCN12. The van der Waals surface area contributed by atoms with Crippen molar-refractivity contribution in [1.29, 1.82) is 0 Å². The number of carbonyl (C=O) groups excluding carboxylic acids is 1. The number of ether oxygens (including phenoxy) is 1. The third kappa shape index (κ3) is 3.02. The predicted octanol–water partition coefficient (Wildman–Crippen LogP) is 1.66. The van der Waals surface area contributed by atoms with Crippen LogP contribution in [0.25, 0.3) is 10.9 Å². The number of amides is 1. The molecular formula is C21H19FN4O4. The van der Waals surface area contributed by atoms with E-state index < -0.39 is 17.4 Å². The minimum absolute atomic E-state index is 0.133. The molecule has 2 aliphatic rings. The molecule has 2 aliphatic heterocycles. The zero-order valence-electron chi connectivity index (χ0n) is 16.0. The molecule has 2 aromatic carbocycles. The Morgan fingerprint density at radius 1 is 1.27 bits per heavy atom. The van der Waals surface area contributed by atoms with Crippen molar-refractivity contribution in [1.82, 2.24) is 19.9 Å². The highest BCUT2D eigenvalue weighted by molar-refractivity contribution is 6.01. The smallest absolute Gasteiger partial charge is 0.278 e. The van der Waals surface area contributed by atoms with Crippen molar-refractivity contribution >= 4 is 16.8 Å². The van der Waals surface area contributed by atoms with Gasteiger partial charge in [0, 0.05) is 13.0 Å². The summed E-state index contributed by atoms with van der Waals surface area (Å²) in [5.74, 6) is -0.167. The minimum atomic E-state index is -0.708. The van der Waals surface area contributed by atoms with E-state index in [1.54, 1.807) is 17.0 Å². The van der Waals surface area contributed by atoms with Gasteiger partial charge in [0.1, 0.15) is 17.1 Å². The number of aromatic nitrogens is 3. The molecule has 9 heteroatoms. The van der Waals surface area contributed by atoms with Crippen LogP contribution in [0.15, 0.2) is 41.2 Å². The Labute approximate surface area is 170 Å². The molecule has 154 valence electrons. The fraction of sp³-hybridized carbons (Fsp3) is 0.333. The van der Waals surface area contributed by atoms with Crippen LogP contribution in [-0.2, 0) is 6.42 Å². The first-order valence-electron chi connectivity index (χ1n) is 9.81. The quantitative estimate of drug-likeness (QED) is 0.703. The molecule has 1 fully saturated rings. The average molecular weight is 410 g/mol. The zero-order chi connectivity index (χ0) is 20.8. The van der Waals surface area contributed by atoms with Gasteiger partial charge >= 0.3 is 0 Å². The Morgan fingerprint density at radius 3 is 2.93 bits per heavy atom. The maximum absolute atomic E-state index is 13.5. The van der Waals surface area contributed by atoms with Crippen LogP contribution >= 0.6 is 0 Å².